The summed E-state index contributed by atoms with van der Waals surface area (Å²) in [6, 6.07) is 10.2. The first-order valence-electron chi connectivity index (χ1n) is 11.0. The Morgan fingerprint density at radius 1 is 1.19 bits per heavy atom. The van der Waals surface area contributed by atoms with E-state index in [1.54, 1.807) is 32.0 Å². The molecule has 4 rings (SSSR count). The first kappa shape index (κ1) is 25.0. The minimum absolute atomic E-state index is 0.0120. The van der Waals surface area contributed by atoms with Crippen LogP contribution in [0, 0.1) is 5.82 Å². The molecule has 0 fully saturated rings. The summed E-state index contributed by atoms with van der Waals surface area (Å²) in [4.78, 5) is 46.3. The normalized spacial score (nSPS) is 11.1. The maximum absolute atomic E-state index is 14.9. The minimum atomic E-state index is -0.642. The van der Waals surface area contributed by atoms with Crippen molar-refractivity contribution in [3.05, 3.63) is 75.4 Å². The van der Waals surface area contributed by atoms with Crippen LogP contribution in [0.1, 0.15) is 24.2 Å². The van der Waals surface area contributed by atoms with Gasteiger partial charge in [-0.1, -0.05) is 11.6 Å². The third-order valence-corrected chi connectivity index (χ3v) is 5.58. The molecule has 1 N–H and O–H groups in total. The van der Waals surface area contributed by atoms with Crippen LogP contribution in [0.5, 0.6) is 5.75 Å². The van der Waals surface area contributed by atoms with Gasteiger partial charge in [0.05, 0.1) is 18.1 Å². The second-order valence-electron chi connectivity index (χ2n) is 8.38. The number of carbonyl (C=O) groups is 2. The molecule has 0 spiro atoms. The van der Waals surface area contributed by atoms with Crippen LogP contribution in [0.15, 0.2) is 53.5 Å². The number of amides is 1. The van der Waals surface area contributed by atoms with Gasteiger partial charge in [-0.3, -0.25) is 19.0 Å². The first-order valence-corrected chi connectivity index (χ1v) is 11.4. The molecule has 184 valence electrons. The summed E-state index contributed by atoms with van der Waals surface area (Å²) in [6.07, 6.45) is 2.15. The van der Waals surface area contributed by atoms with Crippen LogP contribution in [0.4, 0.5) is 4.39 Å². The maximum atomic E-state index is 14.9. The molecule has 0 aliphatic heterocycles. The molecule has 0 saturated carbocycles. The van der Waals surface area contributed by atoms with Gasteiger partial charge in [0.1, 0.15) is 30.2 Å². The van der Waals surface area contributed by atoms with Crippen molar-refractivity contribution in [3.63, 3.8) is 0 Å². The number of carbonyl (C=O) groups excluding carboxylic acids is 2. The Morgan fingerprint density at radius 2 is 1.97 bits per heavy atom. The molecule has 0 unspecified atom stereocenters. The Bertz CT molecular complexity index is 1550. The molecule has 0 bridgehead atoms. The molecule has 0 radical (unpaired) electrons. The quantitative estimate of drug-likeness (QED) is 0.374. The van der Waals surface area contributed by atoms with Crippen molar-refractivity contribution >= 4 is 34.8 Å². The summed E-state index contributed by atoms with van der Waals surface area (Å²) in [6.45, 7) is 3.19. The van der Waals surface area contributed by atoms with Crippen LogP contribution in [0.2, 0.25) is 5.02 Å². The summed E-state index contributed by atoms with van der Waals surface area (Å²) in [5.41, 5.74) is 0.933. The summed E-state index contributed by atoms with van der Waals surface area (Å²) < 4.78 is 21.2. The highest BCUT2D eigenvalue weighted by Gasteiger charge is 2.20. The van der Waals surface area contributed by atoms with E-state index in [9.17, 15) is 18.8 Å². The van der Waals surface area contributed by atoms with E-state index in [1.165, 1.54) is 37.6 Å². The van der Waals surface area contributed by atoms with Gasteiger partial charge in [0.25, 0.3) is 5.56 Å². The van der Waals surface area contributed by atoms with Gasteiger partial charge in [-0.2, -0.15) is 0 Å². The van der Waals surface area contributed by atoms with Crippen molar-refractivity contribution in [2.75, 3.05) is 7.11 Å². The van der Waals surface area contributed by atoms with Crippen LogP contribution >= 0.6 is 11.6 Å². The van der Waals surface area contributed by atoms with E-state index < -0.39 is 17.3 Å². The van der Waals surface area contributed by atoms with Crippen molar-refractivity contribution < 1.29 is 18.7 Å². The van der Waals surface area contributed by atoms with Gasteiger partial charge in [-0.15, -0.1) is 0 Å². The van der Waals surface area contributed by atoms with Crippen LogP contribution in [-0.4, -0.2) is 39.9 Å². The highest BCUT2D eigenvalue weighted by molar-refractivity contribution is 6.31. The zero-order valence-corrected chi connectivity index (χ0v) is 20.5. The highest BCUT2D eigenvalue weighted by Crippen LogP contribution is 2.28. The molecule has 0 atom stereocenters. The number of hydrogen-bond acceptors (Lipinski definition) is 6. The fourth-order valence-electron chi connectivity index (χ4n) is 3.78. The third kappa shape index (κ3) is 5.11. The molecule has 36 heavy (non-hydrogen) atoms. The third-order valence-electron chi connectivity index (χ3n) is 5.37. The Labute approximate surface area is 210 Å². The van der Waals surface area contributed by atoms with Gasteiger partial charge >= 0.3 is 0 Å². The number of fused-ring (bicyclic) bond motifs is 1. The van der Waals surface area contributed by atoms with E-state index in [0.717, 1.165) is 4.57 Å². The van der Waals surface area contributed by atoms with Crippen LogP contribution in [0.25, 0.3) is 33.5 Å². The van der Waals surface area contributed by atoms with Crippen molar-refractivity contribution in [3.8, 4) is 28.3 Å². The predicted molar refractivity (Wildman–Crippen MR) is 135 cm³/mol. The second-order valence-corrected chi connectivity index (χ2v) is 8.82. The summed E-state index contributed by atoms with van der Waals surface area (Å²) >= 11 is 6.13. The Kier molecular flexibility index (Phi) is 7.12. The molecule has 2 aromatic carbocycles. The fraction of sp³-hybridized carbons (Fsp3) is 0.192. The Balaban J connectivity index is 1.96. The van der Waals surface area contributed by atoms with Crippen molar-refractivity contribution in [1.82, 2.24) is 19.9 Å². The van der Waals surface area contributed by atoms with E-state index in [1.807, 2.05) is 0 Å². The number of nitrogens with zero attached hydrogens (tertiary/aromatic N) is 3. The van der Waals surface area contributed by atoms with Crippen LogP contribution in [0.3, 0.4) is 0 Å². The largest absolute Gasteiger partial charge is 0.497 e. The second kappa shape index (κ2) is 10.2. The van der Waals surface area contributed by atoms with Gasteiger partial charge in [0, 0.05) is 28.4 Å². The highest BCUT2D eigenvalue weighted by atomic mass is 35.5. The maximum Gasteiger partial charge on any atom is 0.263 e. The molecule has 4 aromatic rings. The standard InChI is InChI=1S/C26H22ClFN4O4/c1-14(2)30-23(34)12-32-25(20-10-19(36-3)4-5-22(20)28)31-24-21(26(32)35)9-17(11-29-24)16-6-15(13-33)7-18(27)8-16/h4-11,13-14H,12H2,1-3H3,(H,30,34). The molecular formula is C26H22ClFN4O4. The number of halogens is 2. The average molecular weight is 509 g/mol. The van der Waals surface area contributed by atoms with Crippen LogP contribution < -0.4 is 15.6 Å². The van der Waals surface area contributed by atoms with Crippen molar-refractivity contribution in [2.24, 2.45) is 0 Å². The number of nitrogens with one attached hydrogen (secondary N) is 1. The lowest BCUT2D eigenvalue weighted by atomic mass is 10.0. The molecule has 1 amide bonds. The van der Waals surface area contributed by atoms with Gasteiger partial charge in [0.15, 0.2) is 5.65 Å². The Morgan fingerprint density at radius 3 is 2.67 bits per heavy atom. The minimum Gasteiger partial charge on any atom is -0.497 e. The number of rotatable bonds is 7. The number of benzene rings is 2. The summed E-state index contributed by atoms with van der Waals surface area (Å²) in [7, 11) is 1.43. The van der Waals surface area contributed by atoms with Crippen molar-refractivity contribution in [1.29, 1.82) is 0 Å². The predicted octanol–water partition coefficient (Wildman–Crippen LogP) is 4.26. The molecular weight excluding hydrogens is 487 g/mol. The summed E-state index contributed by atoms with van der Waals surface area (Å²) in [5, 5.41) is 3.19. The number of aldehydes is 1. The number of hydrogen-bond donors (Lipinski definition) is 1. The Hall–Kier alpha value is -4.11. The topological polar surface area (TPSA) is 103 Å². The number of methoxy groups -OCH3 is 1. The zero-order chi connectivity index (χ0) is 26.0. The SMILES string of the molecule is COc1ccc(F)c(-c2nc3ncc(-c4cc(Cl)cc(C=O)c4)cc3c(=O)n2CC(=O)NC(C)C)c1. The fourth-order valence-corrected chi connectivity index (χ4v) is 4.02. The average Bonchev–Trinajstić information content (AvgIpc) is 2.85. The monoisotopic (exact) mass is 508 g/mol. The molecule has 8 nitrogen and oxygen atoms in total. The first-order chi connectivity index (χ1) is 17.2. The van der Waals surface area contributed by atoms with E-state index in [2.05, 4.69) is 15.3 Å². The van der Waals surface area contributed by atoms with E-state index in [4.69, 9.17) is 16.3 Å². The van der Waals surface area contributed by atoms with Crippen molar-refractivity contribution in [2.45, 2.75) is 26.4 Å². The molecule has 10 heteroatoms. The number of aromatic nitrogens is 3. The van der Waals surface area contributed by atoms with Crippen LogP contribution in [-0.2, 0) is 11.3 Å². The van der Waals surface area contributed by atoms with E-state index in [-0.39, 0.29) is 35.0 Å². The van der Waals surface area contributed by atoms with Gasteiger partial charge in [0.2, 0.25) is 5.91 Å². The van der Waals surface area contributed by atoms with Gasteiger partial charge < -0.3 is 10.1 Å². The molecule has 2 heterocycles. The number of pyridine rings is 1. The molecule has 0 saturated heterocycles. The number of ether oxygens (including phenoxy) is 1. The molecule has 0 aliphatic rings. The lowest BCUT2D eigenvalue weighted by Gasteiger charge is -2.16. The smallest absolute Gasteiger partial charge is 0.263 e. The van der Waals surface area contributed by atoms with Gasteiger partial charge in [-0.05, 0) is 61.9 Å². The lowest BCUT2D eigenvalue weighted by Crippen LogP contribution is -2.37. The lowest BCUT2D eigenvalue weighted by molar-refractivity contribution is -0.122. The van der Waals surface area contributed by atoms with Gasteiger partial charge in [-0.25, -0.2) is 14.4 Å². The summed E-state index contributed by atoms with van der Waals surface area (Å²) in [5.74, 6) is -0.785. The van der Waals surface area contributed by atoms with E-state index >= 15 is 0 Å². The molecule has 0 aliphatic carbocycles. The zero-order valence-electron chi connectivity index (χ0n) is 19.7. The van der Waals surface area contributed by atoms with E-state index in [0.29, 0.717) is 33.7 Å². The molecule has 2 aromatic heterocycles.